The molecule has 1 saturated heterocycles. The van der Waals surface area contributed by atoms with Crippen molar-refractivity contribution in [2.75, 3.05) is 6.61 Å². The van der Waals surface area contributed by atoms with Crippen LogP contribution in [0.1, 0.15) is 99.8 Å². The van der Waals surface area contributed by atoms with Crippen LogP contribution in [0.4, 0.5) is 0 Å². The number of hydrogen-bond acceptors (Lipinski definition) is 6. The molecule has 180 valence electrons. The molecule has 7 nitrogen and oxygen atoms in total. The van der Waals surface area contributed by atoms with E-state index in [0.29, 0.717) is 6.42 Å². The van der Waals surface area contributed by atoms with E-state index in [-0.39, 0.29) is 24.0 Å². The van der Waals surface area contributed by atoms with Gasteiger partial charge in [-0.15, -0.1) is 0 Å². The largest absolute Gasteiger partial charge is 0.464 e. The topological polar surface area (TPSA) is 90.9 Å². The lowest BCUT2D eigenvalue weighted by Crippen LogP contribution is -2.51. The third kappa shape index (κ3) is 10.0. The van der Waals surface area contributed by atoms with Crippen LogP contribution in [0, 0.1) is 11.3 Å². The smallest absolute Gasteiger partial charge is 0.338 e. The van der Waals surface area contributed by atoms with E-state index in [1.807, 2.05) is 20.8 Å². The van der Waals surface area contributed by atoms with E-state index in [2.05, 4.69) is 12.2 Å². The molecule has 1 fully saturated rings. The highest BCUT2D eigenvalue weighted by molar-refractivity contribution is 5.88. The number of amides is 1. The lowest BCUT2D eigenvalue weighted by Gasteiger charge is -2.33. The van der Waals surface area contributed by atoms with Crippen molar-refractivity contribution in [3.05, 3.63) is 0 Å². The number of cyclic esters (lactones) is 1. The van der Waals surface area contributed by atoms with Crippen molar-refractivity contribution in [3.8, 4) is 0 Å². The summed E-state index contributed by atoms with van der Waals surface area (Å²) in [6.07, 6.45) is 7.46. The van der Waals surface area contributed by atoms with E-state index in [1.54, 1.807) is 13.8 Å². The molecular formula is C24H43NO6. The number of carbonyl (C=O) groups is 3. The minimum absolute atomic E-state index is 0.0795. The maximum Gasteiger partial charge on any atom is 0.338 e. The second-order valence-corrected chi connectivity index (χ2v) is 10.1. The first-order valence-electron chi connectivity index (χ1n) is 11.7. The minimum atomic E-state index is -1.04. The number of ether oxygens (including phenoxy) is 3. The molecule has 1 heterocycles. The molecule has 0 radical (unpaired) electrons. The summed E-state index contributed by atoms with van der Waals surface area (Å²) in [5.41, 5.74) is -0.328. The molecule has 0 aromatic heterocycles. The summed E-state index contributed by atoms with van der Waals surface area (Å²) in [7, 11) is 0. The van der Waals surface area contributed by atoms with Crippen molar-refractivity contribution in [1.29, 1.82) is 0 Å². The van der Waals surface area contributed by atoms with Gasteiger partial charge in [0.15, 0.2) is 6.10 Å². The van der Waals surface area contributed by atoms with Crippen LogP contribution in [-0.2, 0) is 28.6 Å². The molecule has 1 amide bonds. The highest BCUT2D eigenvalue weighted by Crippen LogP contribution is 2.31. The first-order valence-corrected chi connectivity index (χ1v) is 11.7. The summed E-state index contributed by atoms with van der Waals surface area (Å²) < 4.78 is 16.3. The average molecular weight is 442 g/mol. The Labute approximate surface area is 188 Å². The Morgan fingerprint density at radius 1 is 1.10 bits per heavy atom. The van der Waals surface area contributed by atoms with Gasteiger partial charge in [0.2, 0.25) is 11.7 Å². The molecule has 1 rings (SSSR count). The first kappa shape index (κ1) is 27.4. The molecule has 7 heteroatoms. The van der Waals surface area contributed by atoms with Crippen molar-refractivity contribution in [3.63, 3.8) is 0 Å². The third-order valence-corrected chi connectivity index (χ3v) is 5.63. The summed E-state index contributed by atoms with van der Waals surface area (Å²) in [6, 6.07) is -0.383. The van der Waals surface area contributed by atoms with Crippen molar-refractivity contribution < 1.29 is 28.6 Å². The molecule has 1 aliphatic heterocycles. The zero-order chi connectivity index (χ0) is 23.7. The van der Waals surface area contributed by atoms with Gasteiger partial charge in [-0.3, -0.25) is 9.59 Å². The standard InChI is InChI=1S/C24H43NO6/c1-8-9-10-11-12-13-14-15-18(20-22(28)31-24(6,7)30-20)21(27)25-19(23(3,4)5)16-29-17(2)26/h18-20H,8-16H2,1-7H3,(H,25,27)/t18-,19-,20+/m1/s1. The monoisotopic (exact) mass is 441 g/mol. The Morgan fingerprint density at radius 2 is 1.68 bits per heavy atom. The molecule has 0 bridgehead atoms. The second-order valence-electron chi connectivity index (χ2n) is 10.1. The molecule has 1 N–H and O–H groups in total. The van der Waals surface area contributed by atoms with Gasteiger partial charge >= 0.3 is 11.9 Å². The summed E-state index contributed by atoms with van der Waals surface area (Å²) in [6.45, 7) is 12.9. The fourth-order valence-electron chi connectivity index (χ4n) is 3.65. The van der Waals surface area contributed by atoms with E-state index >= 15 is 0 Å². The molecule has 3 atom stereocenters. The summed E-state index contributed by atoms with van der Waals surface area (Å²) in [4.78, 5) is 37.0. The molecule has 0 aromatic rings. The van der Waals surface area contributed by atoms with Gasteiger partial charge in [-0.25, -0.2) is 4.79 Å². The molecule has 0 spiro atoms. The number of carbonyl (C=O) groups excluding carboxylic acids is 3. The number of nitrogens with one attached hydrogen (secondary N) is 1. The van der Waals surface area contributed by atoms with Crippen LogP contribution in [-0.4, -0.2) is 42.4 Å². The summed E-state index contributed by atoms with van der Waals surface area (Å²) >= 11 is 0. The van der Waals surface area contributed by atoms with Crippen LogP contribution >= 0.6 is 0 Å². The van der Waals surface area contributed by atoms with E-state index < -0.39 is 29.7 Å². The highest BCUT2D eigenvalue weighted by atomic mass is 16.8. The second kappa shape index (κ2) is 12.4. The predicted octanol–water partition coefficient (Wildman–Crippen LogP) is 4.52. The Morgan fingerprint density at radius 3 is 2.16 bits per heavy atom. The molecule has 1 aliphatic rings. The van der Waals surface area contributed by atoms with Gasteiger partial charge in [-0.05, 0) is 11.8 Å². The SMILES string of the molecule is CCCCCCCCC[C@@H](C(=O)N[C@H](COC(C)=O)C(C)(C)C)[C@@H]1OC(C)(C)OC1=O. The summed E-state index contributed by atoms with van der Waals surface area (Å²) in [5.74, 6) is -2.85. The fraction of sp³-hybridized carbons (Fsp3) is 0.875. The molecule has 0 unspecified atom stereocenters. The highest BCUT2D eigenvalue weighted by Gasteiger charge is 2.47. The molecule has 0 saturated carbocycles. The average Bonchev–Trinajstić information content (AvgIpc) is 2.91. The third-order valence-electron chi connectivity index (χ3n) is 5.63. The van der Waals surface area contributed by atoms with Gasteiger partial charge in [0.05, 0.1) is 12.0 Å². The molecule has 31 heavy (non-hydrogen) atoms. The zero-order valence-corrected chi connectivity index (χ0v) is 20.5. The summed E-state index contributed by atoms with van der Waals surface area (Å²) in [5, 5.41) is 3.00. The van der Waals surface area contributed by atoms with Crippen LogP contribution in [0.25, 0.3) is 0 Å². The van der Waals surface area contributed by atoms with Gasteiger partial charge in [0.25, 0.3) is 0 Å². The Kier molecular flexibility index (Phi) is 11.0. The maximum atomic E-state index is 13.3. The zero-order valence-electron chi connectivity index (χ0n) is 20.5. The molecule has 0 aliphatic carbocycles. The Balaban J connectivity index is 2.82. The van der Waals surface area contributed by atoms with Gasteiger partial charge in [-0.1, -0.05) is 72.6 Å². The lowest BCUT2D eigenvalue weighted by molar-refractivity contribution is -0.162. The molecule has 0 aromatic carbocycles. The van der Waals surface area contributed by atoms with Crippen LogP contribution in [0.15, 0.2) is 0 Å². The van der Waals surface area contributed by atoms with Crippen LogP contribution in [0.5, 0.6) is 0 Å². The van der Waals surface area contributed by atoms with Gasteiger partial charge in [0, 0.05) is 20.8 Å². The van der Waals surface area contributed by atoms with E-state index in [4.69, 9.17) is 14.2 Å². The minimum Gasteiger partial charge on any atom is -0.464 e. The number of esters is 2. The van der Waals surface area contributed by atoms with Gasteiger partial charge in [0.1, 0.15) is 6.61 Å². The van der Waals surface area contributed by atoms with Crippen LogP contribution in [0.2, 0.25) is 0 Å². The molecular weight excluding hydrogens is 398 g/mol. The Bertz CT molecular complexity index is 595. The van der Waals surface area contributed by atoms with Crippen molar-refractivity contribution in [1.82, 2.24) is 5.32 Å². The predicted molar refractivity (Wildman–Crippen MR) is 119 cm³/mol. The van der Waals surface area contributed by atoms with Crippen molar-refractivity contribution >= 4 is 17.8 Å². The number of rotatable bonds is 13. The fourth-order valence-corrected chi connectivity index (χ4v) is 3.65. The first-order chi connectivity index (χ1) is 14.4. The van der Waals surface area contributed by atoms with Crippen LogP contribution in [0.3, 0.4) is 0 Å². The quantitative estimate of drug-likeness (QED) is 0.334. The van der Waals surface area contributed by atoms with E-state index in [9.17, 15) is 14.4 Å². The number of hydrogen-bond donors (Lipinski definition) is 1. The van der Waals surface area contributed by atoms with Gasteiger partial charge < -0.3 is 19.5 Å². The Hall–Kier alpha value is -1.63. The van der Waals surface area contributed by atoms with E-state index in [1.165, 1.54) is 32.6 Å². The van der Waals surface area contributed by atoms with E-state index in [0.717, 1.165) is 19.3 Å². The normalized spacial score (nSPS) is 20.1. The maximum absolute atomic E-state index is 13.3. The number of unbranched alkanes of at least 4 members (excludes halogenated alkanes) is 6. The van der Waals surface area contributed by atoms with Crippen molar-refractivity contribution in [2.24, 2.45) is 11.3 Å². The van der Waals surface area contributed by atoms with Crippen molar-refractivity contribution in [2.45, 2.75) is 118 Å². The van der Waals surface area contributed by atoms with Gasteiger partial charge in [-0.2, -0.15) is 0 Å². The van der Waals surface area contributed by atoms with Crippen LogP contribution < -0.4 is 5.32 Å². The lowest BCUT2D eigenvalue weighted by atomic mass is 9.86.